The summed E-state index contributed by atoms with van der Waals surface area (Å²) in [5, 5.41) is 0. The lowest BCUT2D eigenvalue weighted by Crippen LogP contribution is -2.50. The quantitative estimate of drug-likeness (QED) is 0.872. The lowest BCUT2D eigenvalue weighted by molar-refractivity contribution is 0.417. The smallest absolute Gasteiger partial charge is 0.128 e. The van der Waals surface area contributed by atoms with Crippen molar-refractivity contribution in [2.24, 2.45) is 11.7 Å². The SMILES string of the molecule is Cc1cc(N2CC(CN)C2)ncc1Br. The Bertz CT molecular complexity index is 334. The van der Waals surface area contributed by atoms with Gasteiger partial charge < -0.3 is 10.6 Å². The predicted octanol–water partition coefficient (Wildman–Crippen LogP) is 1.55. The largest absolute Gasteiger partial charge is 0.356 e. The average molecular weight is 256 g/mol. The highest BCUT2D eigenvalue weighted by molar-refractivity contribution is 9.10. The van der Waals surface area contributed by atoms with E-state index in [-0.39, 0.29) is 0 Å². The van der Waals surface area contributed by atoms with Crippen molar-refractivity contribution in [1.29, 1.82) is 0 Å². The van der Waals surface area contributed by atoms with Gasteiger partial charge in [-0.15, -0.1) is 0 Å². The van der Waals surface area contributed by atoms with Crippen LogP contribution in [0.4, 0.5) is 5.82 Å². The molecule has 0 bridgehead atoms. The van der Waals surface area contributed by atoms with Crippen molar-refractivity contribution in [3.63, 3.8) is 0 Å². The van der Waals surface area contributed by atoms with E-state index < -0.39 is 0 Å². The predicted molar refractivity (Wildman–Crippen MR) is 61.4 cm³/mol. The molecule has 3 nitrogen and oxygen atoms in total. The highest BCUT2D eigenvalue weighted by Crippen LogP contribution is 2.25. The maximum absolute atomic E-state index is 5.57. The van der Waals surface area contributed by atoms with Gasteiger partial charge in [0.25, 0.3) is 0 Å². The third-order valence-electron chi connectivity index (χ3n) is 2.65. The van der Waals surface area contributed by atoms with Crippen LogP contribution in [0, 0.1) is 12.8 Å². The van der Waals surface area contributed by atoms with Crippen molar-refractivity contribution in [3.05, 3.63) is 22.3 Å². The topological polar surface area (TPSA) is 42.1 Å². The lowest BCUT2D eigenvalue weighted by atomic mass is 10.0. The molecule has 2 N–H and O–H groups in total. The third-order valence-corrected chi connectivity index (χ3v) is 3.48. The normalized spacial score (nSPS) is 16.9. The Morgan fingerprint density at radius 1 is 1.64 bits per heavy atom. The molecule has 1 aliphatic rings. The van der Waals surface area contributed by atoms with E-state index in [4.69, 9.17) is 5.73 Å². The standard InChI is InChI=1S/C10H14BrN3/c1-7-2-10(13-4-9(7)11)14-5-8(3-12)6-14/h2,4,8H,3,5-6,12H2,1H3. The molecule has 1 aromatic rings. The first-order valence-corrected chi connectivity index (χ1v) is 5.57. The molecule has 0 aromatic carbocycles. The first kappa shape index (κ1) is 9.93. The van der Waals surface area contributed by atoms with Crippen LogP contribution in [-0.2, 0) is 0 Å². The van der Waals surface area contributed by atoms with Crippen molar-refractivity contribution >= 4 is 21.7 Å². The summed E-state index contributed by atoms with van der Waals surface area (Å²) in [6, 6.07) is 2.11. The number of nitrogens with zero attached hydrogens (tertiary/aromatic N) is 2. The van der Waals surface area contributed by atoms with Crippen LogP contribution in [0.5, 0.6) is 0 Å². The maximum Gasteiger partial charge on any atom is 0.128 e. The van der Waals surface area contributed by atoms with Gasteiger partial charge in [0.15, 0.2) is 0 Å². The molecule has 0 aliphatic carbocycles. The van der Waals surface area contributed by atoms with E-state index in [2.05, 4.69) is 38.8 Å². The van der Waals surface area contributed by atoms with Gasteiger partial charge in [0, 0.05) is 29.7 Å². The van der Waals surface area contributed by atoms with Gasteiger partial charge in [-0.2, -0.15) is 0 Å². The number of rotatable bonds is 2. The summed E-state index contributed by atoms with van der Waals surface area (Å²) in [6.07, 6.45) is 1.86. The van der Waals surface area contributed by atoms with Crippen molar-refractivity contribution < 1.29 is 0 Å². The van der Waals surface area contributed by atoms with Crippen LogP contribution in [0.3, 0.4) is 0 Å². The Hall–Kier alpha value is -0.610. The van der Waals surface area contributed by atoms with Gasteiger partial charge in [-0.05, 0) is 41.0 Å². The van der Waals surface area contributed by atoms with Crippen molar-refractivity contribution in [2.45, 2.75) is 6.92 Å². The molecular weight excluding hydrogens is 242 g/mol. The second-order valence-electron chi connectivity index (χ2n) is 3.80. The van der Waals surface area contributed by atoms with Crippen molar-refractivity contribution in [2.75, 3.05) is 24.5 Å². The van der Waals surface area contributed by atoms with E-state index in [0.29, 0.717) is 5.92 Å². The summed E-state index contributed by atoms with van der Waals surface area (Å²) >= 11 is 3.44. The zero-order valence-electron chi connectivity index (χ0n) is 8.20. The van der Waals surface area contributed by atoms with Crippen LogP contribution in [0.15, 0.2) is 16.7 Å². The number of hydrogen-bond donors (Lipinski definition) is 1. The summed E-state index contributed by atoms with van der Waals surface area (Å²) < 4.78 is 1.07. The number of aromatic nitrogens is 1. The molecule has 1 fully saturated rings. The monoisotopic (exact) mass is 255 g/mol. The molecule has 0 saturated carbocycles. The van der Waals surface area contributed by atoms with E-state index in [1.165, 1.54) is 5.56 Å². The summed E-state index contributed by atoms with van der Waals surface area (Å²) in [5.41, 5.74) is 6.80. The molecule has 2 rings (SSSR count). The van der Waals surface area contributed by atoms with Gasteiger partial charge in [0.05, 0.1) is 0 Å². The Morgan fingerprint density at radius 3 is 2.93 bits per heavy atom. The summed E-state index contributed by atoms with van der Waals surface area (Å²) in [7, 11) is 0. The second kappa shape index (κ2) is 3.87. The number of aryl methyl sites for hydroxylation is 1. The fourth-order valence-electron chi connectivity index (χ4n) is 1.60. The molecule has 4 heteroatoms. The average Bonchev–Trinajstić information content (AvgIpc) is 2.09. The fourth-order valence-corrected chi connectivity index (χ4v) is 1.82. The zero-order valence-corrected chi connectivity index (χ0v) is 9.79. The Balaban J connectivity index is 2.08. The first-order chi connectivity index (χ1) is 6.70. The van der Waals surface area contributed by atoms with Crippen LogP contribution in [0.25, 0.3) is 0 Å². The minimum Gasteiger partial charge on any atom is -0.356 e. The number of halogens is 1. The molecule has 0 unspecified atom stereocenters. The Labute approximate surface area is 92.4 Å². The first-order valence-electron chi connectivity index (χ1n) is 4.78. The fraction of sp³-hybridized carbons (Fsp3) is 0.500. The van der Waals surface area contributed by atoms with Crippen molar-refractivity contribution in [1.82, 2.24) is 4.98 Å². The van der Waals surface area contributed by atoms with Gasteiger partial charge in [-0.1, -0.05) is 0 Å². The summed E-state index contributed by atoms with van der Waals surface area (Å²) in [6.45, 7) is 4.95. The van der Waals surface area contributed by atoms with E-state index in [9.17, 15) is 0 Å². The number of anilines is 1. The van der Waals surface area contributed by atoms with Gasteiger partial charge in [-0.3, -0.25) is 0 Å². The zero-order chi connectivity index (χ0) is 10.1. The molecule has 14 heavy (non-hydrogen) atoms. The number of hydrogen-bond acceptors (Lipinski definition) is 3. The molecule has 1 saturated heterocycles. The minimum absolute atomic E-state index is 0.653. The van der Waals surface area contributed by atoms with Crippen LogP contribution >= 0.6 is 15.9 Å². The molecule has 1 aromatic heterocycles. The van der Waals surface area contributed by atoms with E-state index in [0.717, 1.165) is 29.9 Å². The number of pyridine rings is 1. The van der Waals surface area contributed by atoms with Gasteiger partial charge in [0.2, 0.25) is 0 Å². The van der Waals surface area contributed by atoms with Crippen LogP contribution in [0.2, 0.25) is 0 Å². The second-order valence-corrected chi connectivity index (χ2v) is 4.65. The molecule has 2 heterocycles. The maximum atomic E-state index is 5.57. The molecule has 0 amide bonds. The van der Waals surface area contributed by atoms with Crippen molar-refractivity contribution in [3.8, 4) is 0 Å². The molecule has 76 valence electrons. The van der Waals surface area contributed by atoms with E-state index >= 15 is 0 Å². The lowest BCUT2D eigenvalue weighted by Gasteiger charge is -2.39. The van der Waals surface area contributed by atoms with Crippen LogP contribution in [0.1, 0.15) is 5.56 Å². The molecule has 0 spiro atoms. The van der Waals surface area contributed by atoms with E-state index in [1.54, 1.807) is 0 Å². The Morgan fingerprint density at radius 2 is 2.36 bits per heavy atom. The van der Waals surface area contributed by atoms with Gasteiger partial charge in [-0.25, -0.2) is 4.98 Å². The van der Waals surface area contributed by atoms with Crippen LogP contribution in [-0.4, -0.2) is 24.6 Å². The van der Waals surface area contributed by atoms with Gasteiger partial charge >= 0.3 is 0 Å². The highest BCUT2D eigenvalue weighted by Gasteiger charge is 2.26. The van der Waals surface area contributed by atoms with E-state index in [1.807, 2.05) is 6.20 Å². The molecule has 0 radical (unpaired) electrons. The third kappa shape index (κ3) is 1.77. The minimum atomic E-state index is 0.653. The number of nitrogens with two attached hydrogens (primary N) is 1. The summed E-state index contributed by atoms with van der Waals surface area (Å²) in [4.78, 5) is 6.63. The Kier molecular flexibility index (Phi) is 2.74. The van der Waals surface area contributed by atoms with Gasteiger partial charge in [0.1, 0.15) is 5.82 Å². The molecular formula is C10H14BrN3. The highest BCUT2D eigenvalue weighted by atomic mass is 79.9. The van der Waals surface area contributed by atoms with Crippen LogP contribution < -0.4 is 10.6 Å². The molecule has 0 atom stereocenters. The molecule has 1 aliphatic heterocycles. The summed E-state index contributed by atoms with van der Waals surface area (Å²) in [5.74, 6) is 1.72.